The molecule has 3 nitrogen and oxygen atoms in total. The molecule has 4 heteroatoms. The van der Waals surface area contributed by atoms with E-state index in [0.717, 1.165) is 26.9 Å². The van der Waals surface area contributed by atoms with E-state index in [1.165, 1.54) is 11.1 Å². The molecular formula is C17H15BrN2O. The number of halogens is 1. The van der Waals surface area contributed by atoms with Crippen LogP contribution >= 0.6 is 15.9 Å². The molecule has 0 unspecified atom stereocenters. The Morgan fingerprint density at radius 2 is 1.86 bits per heavy atom. The largest absolute Gasteiger partial charge is 0.367 e. The molecule has 0 aliphatic rings. The molecule has 3 rings (SSSR count). The van der Waals surface area contributed by atoms with E-state index in [2.05, 4.69) is 40.1 Å². The minimum atomic E-state index is 0.340. The fourth-order valence-electron chi connectivity index (χ4n) is 2.32. The predicted octanol–water partition coefficient (Wildman–Crippen LogP) is 4.97. The maximum Gasteiger partial charge on any atom is 0.230 e. The second-order valence-corrected chi connectivity index (χ2v) is 5.96. The highest BCUT2D eigenvalue weighted by Gasteiger charge is 2.17. The summed E-state index contributed by atoms with van der Waals surface area (Å²) in [5.74, 6) is 0.340. The quantitative estimate of drug-likeness (QED) is 0.715. The number of hydrogen-bond donors (Lipinski definition) is 1. The fraction of sp³-hybridized carbons (Fsp3) is 0.118. The number of nitrogens with two attached hydrogens (primary N) is 1. The van der Waals surface area contributed by atoms with Gasteiger partial charge in [0.05, 0.1) is 5.56 Å². The number of aromatic nitrogens is 1. The van der Waals surface area contributed by atoms with Gasteiger partial charge in [-0.05, 0) is 31.0 Å². The van der Waals surface area contributed by atoms with Crippen LogP contribution in [0.25, 0.3) is 22.4 Å². The Morgan fingerprint density at radius 1 is 1.05 bits per heavy atom. The van der Waals surface area contributed by atoms with E-state index in [4.69, 9.17) is 10.3 Å². The maximum atomic E-state index is 5.99. The van der Waals surface area contributed by atoms with Crippen molar-refractivity contribution in [1.29, 1.82) is 0 Å². The molecule has 0 fully saturated rings. The SMILES string of the molecule is Cc1cccc(-c2c(-c3ccc(C)c(Br)c3)noc2N)c1. The second kappa shape index (κ2) is 5.37. The molecule has 0 aliphatic carbocycles. The molecule has 0 amide bonds. The molecule has 2 N–H and O–H groups in total. The summed E-state index contributed by atoms with van der Waals surface area (Å²) in [5.41, 5.74) is 11.9. The van der Waals surface area contributed by atoms with Gasteiger partial charge in [0, 0.05) is 10.0 Å². The van der Waals surface area contributed by atoms with Crippen LogP contribution in [-0.4, -0.2) is 5.16 Å². The molecule has 21 heavy (non-hydrogen) atoms. The van der Waals surface area contributed by atoms with Gasteiger partial charge in [0.1, 0.15) is 5.69 Å². The summed E-state index contributed by atoms with van der Waals surface area (Å²) < 4.78 is 6.27. The molecular weight excluding hydrogens is 328 g/mol. The average molecular weight is 343 g/mol. The van der Waals surface area contributed by atoms with Crippen molar-refractivity contribution in [2.24, 2.45) is 0 Å². The molecule has 0 atom stereocenters. The number of hydrogen-bond acceptors (Lipinski definition) is 3. The minimum Gasteiger partial charge on any atom is -0.367 e. The molecule has 0 bridgehead atoms. The summed E-state index contributed by atoms with van der Waals surface area (Å²) in [7, 11) is 0. The molecule has 1 aromatic heterocycles. The highest BCUT2D eigenvalue weighted by atomic mass is 79.9. The van der Waals surface area contributed by atoms with Gasteiger partial charge in [-0.15, -0.1) is 0 Å². The molecule has 0 radical (unpaired) electrons. The first-order valence-corrected chi connectivity index (χ1v) is 7.44. The lowest BCUT2D eigenvalue weighted by Gasteiger charge is -2.05. The van der Waals surface area contributed by atoms with E-state index >= 15 is 0 Å². The first-order valence-electron chi connectivity index (χ1n) is 6.65. The van der Waals surface area contributed by atoms with E-state index in [0.29, 0.717) is 5.88 Å². The zero-order chi connectivity index (χ0) is 15.0. The normalized spacial score (nSPS) is 10.8. The molecule has 0 spiro atoms. The highest BCUT2D eigenvalue weighted by molar-refractivity contribution is 9.10. The van der Waals surface area contributed by atoms with Gasteiger partial charge in [0.15, 0.2) is 0 Å². The van der Waals surface area contributed by atoms with Crippen LogP contribution in [0.1, 0.15) is 11.1 Å². The van der Waals surface area contributed by atoms with Crippen LogP contribution in [0, 0.1) is 13.8 Å². The van der Waals surface area contributed by atoms with Crippen molar-refractivity contribution in [2.45, 2.75) is 13.8 Å². The van der Waals surface area contributed by atoms with Gasteiger partial charge < -0.3 is 10.3 Å². The average Bonchev–Trinajstić information content (AvgIpc) is 2.84. The first-order chi connectivity index (χ1) is 10.1. The van der Waals surface area contributed by atoms with Crippen molar-refractivity contribution in [3.05, 3.63) is 58.1 Å². The summed E-state index contributed by atoms with van der Waals surface area (Å²) in [6, 6.07) is 14.3. The number of nitrogen functional groups attached to an aromatic ring is 1. The topological polar surface area (TPSA) is 52.0 Å². The van der Waals surface area contributed by atoms with Gasteiger partial charge >= 0.3 is 0 Å². The second-order valence-electron chi connectivity index (χ2n) is 5.10. The van der Waals surface area contributed by atoms with Gasteiger partial charge in [0.25, 0.3) is 0 Å². The zero-order valence-corrected chi connectivity index (χ0v) is 13.4. The molecule has 2 aromatic carbocycles. The minimum absolute atomic E-state index is 0.340. The van der Waals surface area contributed by atoms with E-state index < -0.39 is 0 Å². The molecule has 0 saturated carbocycles. The number of anilines is 1. The maximum absolute atomic E-state index is 5.99. The third-order valence-corrected chi connectivity index (χ3v) is 4.32. The Balaban J connectivity index is 2.19. The van der Waals surface area contributed by atoms with Gasteiger partial charge in [-0.2, -0.15) is 0 Å². The third-order valence-electron chi connectivity index (χ3n) is 3.47. The Morgan fingerprint density at radius 3 is 2.57 bits per heavy atom. The predicted molar refractivity (Wildman–Crippen MR) is 89.0 cm³/mol. The van der Waals surface area contributed by atoms with Crippen LogP contribution < -0.4 is 5.73 Å². The monoisotopic (exact) mass is 342 g/mol. The Labute approximate surface area is 131 Å². The third kappa shape index (κ3) is 2.59. The molecule has 3 aromatic rings. The number of aryl methyl sites for hydroxylation is 2. The summed E-state index contributed by atoms with van der Waals surface area (Å²) >= 11 is 3.55. The highest BCUT2D eigenvalue weighted by Crippen LogP contribution is 2.37. The van der Waals surface area contributed by atoms with E-state index in [1.54, 1.807) is 0 Å². The van der Waals surface area contributed by atoms with E-state index in [1.807, 2.05) is 37.3 Å². The smallest absolute Gasteiger partial charge is 0.230 e. The Bertz CT molecular complexity index is 808. The van der Waals surface area contributed by atoms with E-state index in [9.17, 15) is 0 Å². The summed E-state index contributed by atoms with van der Waals surface area (Å²) in [6.45, 7) is 4.10. The zero-order valence-electron chi connectivity index (χ0n) is 11.9. The van der Waals surface area contributed by atoms with Crippen molar-refractivity contribution in [3.8, 4) is 22.4 Å². The lowest BCUT2D eigenvalue weighted by molar-refractivity contribution is 0.439. The van der Waals surface area contributed by atoms with Crippen molar-refractivity contribution >= 4 is 21.8 Å². The van der Waals surface area contributed by atoms with Gasteiger partial charge in [-0.25, -0.2) is 0 Å². The van der Waals surface area contributed by atoms with Crippen LogP contribution in [0.4, 0.5) is 5.88 Å². The van der Waals surface area contributed by atoms with Crippen molar-refractivity contribution in [1.82, 2.24) is 5.16 Å². The van der Waals surface area contributed by atoms with Gasteiger partial charge in [0.2, 0.25) is 5.88 Å². The van der Waals surface area contributed by atoms with Crippen molar-refractivity contribution < 1.29 is 4.52 Å². The van der Waals surface area contributed by atoms with Crippen LogP contribution in [0.15, 0.2) is 51.5 Å². The fourth-order valence-corrected chi connectivity index (χ4v) is 2.70. The van der Waals surface area contributed by atoms with Gasteiger partial charge in [-0.1, -0.05) is 63.0 Å². The Hall–Kier alpha value is -2.07. The van der Waals surface area contributed by atoms with Crippen molar-refractivity contribution in [2.75, 3.05) is 5.73 Å². The van der Waals surface area contributed by atoms with Gasteiger partial charge in [-0.3, -0.25) is 0 Å². The summed E-state index contributed by atoms with van der Waals surface area (Å²) in [5, 5.41) is 4.14. The van der Waals surface area contributed by atoms with Crippen LogP contribution in [-0.2, 0) is 0 Å². The first kappa shape index (κ1) is 13.9. The lowest BCUT2D eigenvalue weighted by atomic mass is 9.99. The van der Waals surface area contributed by atoms with Crippen LogP contribution in [0.2, 0.25) is 0 Å². The molecule has 106 valence electrons. The number of rotatable bonds is 2. The molecule has 0 saturated heterocycles. The van der Waals surface area contributed by atoms with E-state index in [-0.39, 0.29) is 0 Å². The van der Waals surface area contributed by atoms with Crippen LogP contribution in [0.5, 0.6) is 0 Å². The summed E-state index contributed by atoms with van der Waals surface area (Å²) in [4.78, 5) is 0. The van der Waals surface area contributed by atoms with Crippen molar-refractivity contribution in [3.63, 3.8) is 0 Å². The standard InChI is InChI=1S/C17H15BrN2O/c1-10-4-3-5-12(8-10)15-16(20-21-17(15)19)13-7-6-11(2)14(18)9-13/h3-9H,19H2,1-2H3. The molecule has 1 heterocycles. The number of nitrogens with zero attached hydrogens (tertiary/aromatic N) is 1. The molecule has 0 aliphatic heterocycles. The number of benzene rings is 2. The van der Waals surface area contributed by atoms with Crippen LogP contribution in [0.3, 0.4) is 0 Å². The summed E-state index contributed by atoms with van der Waals surface area (Å²) in [6.07, 6.45) is 0. The Kier molecular flexibility index (Phi) is 3.55. The lowest BCUT2D eigenvalue weighted by Crippen LogP contribution is -1.89.